The maximum atomic E-state index is 12.4. The number of carbonyl (C=O) groups excluding carboxylic acids is 1. The first-order valence-corrected chi connectivity index (χ1v) is 9.65. The highest BCUT2D eigenvalue weighted by atomic mass is 31.1. The zero-order valence-corrected chi connectivity index (χ0v) is 15.9. The molecule has 0 aliphatic carbocycles. The molecule has 3 atom stereocenters. The van der Waals surface area contributed by atoms with Crippen LogP contribution in [-0.4, -0.2) is 58.9 Å². The SMILES string of the molecule is Nc1ncnc2c1nc(NC(=O)/C=C/c1cnc[nH]1)n2C1CC(O)C(CP=O)O1. The second-order valence-electron chi connectivity index (χ2n) is 6.31. The monoisotopic (exact) mass is 416 g/mol. The molecular weight excluding hydrogens is 399 g/mol. The van der Waals surface area contributed by atoms with E-state index in [2.05, 4.69) is 30.2 Å². The van der Waals surface area contributed by atoms with E-state index in [9.17, 15) is 14.5 Å². The van der Waals surface area contributed by atoms with Gasteiger partial charge in [-0.25, -0.2) is 19.9 Å². The van der Waals surface area contributed by atoms with E-state index in [0.717, 1.165) is 0 Å². The van der Waals surface area contributed by atoms with Crippen molar-refractivity contribution in [3.05, 3.63) is 30.6 Å². The Labute approximate surface area is 165 Å². The van der Waals surface area contributed by atoms with Crippen molar-refractivity contribution in [1.29, 1.82) is 0 Å². The van der Waals surface area contributed by atoms with Crippen LogP contribution in [0.2, 0.25) is 0 Å². The average molecular weight is 416 g/mol. The molecule has 1 saturated heterocycles. The number of fused-ring (bicyclic) bond motifs is 1. The molecule has 29 heavy (non-hydrogen) atoms. The maximum absolute atomic E-state index is 12.4. The van der Waals surface area contributed by atoms with Gasteiger partial charge in [-0.15, -0.1) is 0 Å². The van der Waals surface area contributed by atoms with Crippen molar-refractivity contribution in [2.24, 2.45) is 0 Å². The van der Waals surface area contributed by atoms with Gasteiger partial charge in [-0.3, -0.25) is 19.2 Å². The van der Waals surface area contributed by atoms with Crippen LogP contribution in [0.5, 0.6) is 0 Å². The van der Waals surface area contributed by atoms with Crippen molar-refractivity contribution >= 4 is 43.4 Å². The summed E-state index contributed by atoms with van der Waals surface area (Å²) in [5.74, 6) is -0.162. The molecule has 12 nitrogen and oxygen atoms in total. The van der Waals surface area contributed by atoms with Crippen LogP contribution in [0.3, 0.4) is 0 Å². The van der Waals surface area contributed by atoms with Crippen LogP contribution in [-0.2, 0) is 14.1 Å². The Hall–Kier alpha value is -3.21. The Morgan fingerprint density at radius 2 is 2.38 bits per heavy atom. The van der Waals surface area contributed by atoms with Crippen molar-refractivity contribution in [2.75, 3.05) is 17.2 Å². The number of nitrogens with two attached hydrogens (primary N) is 1. The standard InChI is InChI=1S/C16H17N8O4P/c17-14-13-15(21-7-20-14)24(12-3-9(25)10(28-12)5-29-27)16(23-13)22-11(26)2-1-8-4-18-6-19-8/h1-2,4,6-7,9-10,12,25H,3,5H2,(H,18,19)(H2,17,20,21)(H,22,23,26)/b2-1+. The zero-order valence-electron chi connectivity index (χ0n) is 15.0. The fourth-order valence-electron chi connectivity index (χ4n) is 3.07. The number of hydrogen-bond donors (Lipinski definition) is 4. The Morgan fingerprint density at radius 1 is 1.52 bits per heavy atom. The summed E-state index contributed by atoms with van der Waals surface area (Å²) in [6.45, 7) is 0. The van der Waals surface area contributed by atoms with Crippen LogP contribution in [0.15, 0.2) is 24.9 Å². The number of anilines is 2. The van der Waals surface area contributed by atoms with Crippen LogP contribution in [0.25, 0.3) is 17.2 Å². The molecule has 4 heterocycles. The Bertz CT molecular complexity index is 1070. The number of rotatable bonds is 6. The average Bonchev–Trinajstić information content (AvgIpc) is 3.40. The largest absolute Gasteiger partial charge is 0.390 e. The minimum atomic E-state index is -0.818. The van der Waals surface area contributed by atoms with Gasteiger partial charge in [0.1, 0.15) is 12.6 Å². The molecule has 0 radical (unpaired) electrons. The molecule has 0 bridgehead atoms. The third-order valence-electron chi connectivity index (χ3n) is 4.42. The highest BCUT2D eigenvalue weighted by Gasteiger charge is 2.37. The number of aromatic nitrogens is 6. The van der Waals surface area contributed by atoms with Crippen molar-refractivity contribution in [3.63, 3.8) is 0 Å². The lowest BCUT2D eigenvalue weighted by atomic mass is 10.2. The van der Waals surface area contributed by atoms with Gasteiger partial charge >= 0.3 is 0 Å². The fourth-order valence-corrected chi connectivity index (χ4v) is 3.55. The molecule has 1 amide bonds. The number of H-pyrrole nitrogens is 1. The predicted octanol–water partition coefficient (Wildman–Crippen LogP) is 0.724. The van der Waals surface area contributed by atoms with E-state index < -0.39 is 24.3 Å². The minimum absolute atomic E-state index is 0.131. The molecule has 3 aromatic rings. The number of nitrogen functional groups attached to an aromatic ring is 1. The number of aliphatic hydroxyl groups excluding tert-OH is 1. The fraction of sp³-hybridized carbons (Fsp3) is 0.312. The number of ether oxygens (including phenoxy) is 1. The molecule has 1 aliphatic rings. The molecule has 150 valence electrons. The second-order valence-corrected chi connectivity index (χ2v) is 6.93. The molecule has 1 aliphatic heterocycles. The smallest absolute Gasteiger partial charge is 0.250 e. The maximum Gasteiger partial charge on any atom is 0.250 e. The van der Waals surface area contributed by atoms with Gasteiger partial charge in [0.15, 0.2) is 25.4 Å². The lowest BCUT2D eigenvalue weighted by molar-refractivity contribution is -0.111. The van der Waals surface area contributed by atoms with Crippen LogP contribution in [0.1, 0.15) is 18.3 Å². The molecule has 1 fully saturated rings. The van der Waals surface area contributed by atoms with Gasteiger partial charge in [-0.05, 0) is 6.08 Å². The highest BCUT2D eigenvalue weighted by molar-refractivity contribution is 7.23. The third-order valence-corrected chi connectivity index (χ3v) is 4.93. The zero-order chi connectivity index (χ0) is 20.4. The van der Waals surface area contributed by atoms with E-state index in [0.29, 0.717) is 16.9 Å². The Morgan fingerprint density at radius 3 is 3.14 bits per heavy atom. The van der Waals surface area contributed by atoms with Crippen molar-refractivity contribution in [2.45, 2.75) is 24.9 Å². The van der Waals surface area contributed by atoms with Crippen LogP contribution in [0, 0.1) is 0 Å². The van der Waals surface area contributed by atoms with Crippen molar-refractivity contribution in [3.8, 4) is 0 Å². The summed E-state index contributed by atoms with van der Waals surface area (Å²) in [6, 6.07) is 0. The summed E-state index contributed by atoms with van der Waals surface area (Å²) in [7, 11) is -0.131. The van der Waals surface area contributed by atoms with Crippen molar-refractivity contribution < 1.29 is 19.2 Å². The topological polar surface area (TPSA) is 174 Å². The molecule has 4 rings (SSSR count). The summed E-state index contributed by atoms with van der Waals surface area (Å²) in [5.41, 5.74) is 7.20. The molecule has 0 spiro atoms. The third kappa shape index (κ3) is 3.86. The number of nitrogens with zero attached hydrogens (tertiary/aromatic N) is 5. The quantitative estimate of drug-likeness (QED) is 0.333. The first kappa shape index (κ1) is 19.1. The van der Waals surface area contributed by atoms with E-state index in [1.165, 1.54) is 18.7 Å². The molecular formula is C16H17N8O4P. The number of imidazole rings is 2. The molecule has 3 aromatic heterocycles. The van der Waals surface area contributed by atoms with E-state index in [1.807, 2.05) is 0 Å². The van der Waals surface area contributed by atoms with E-state index in [1.54, 1.807) is 16.8 Å². The molecule has 3 unspecified atom stereocenters. The summed E-state index contributed by atoms with van der Waals surface area (Å²) < 4.78 is 18.3. The van der Waals surface area contributed by atoms with Crippen LogP contribution < -0.4 is 11.1 Å². The lowest BCUT2D eigenvalue weighted by Gasteiger charge is -2.16. The first-order valence-electron chi connectivity index (χ1n) is 8.65. The number of aromatic amines is 1. The van der Waals surface area contributed by atoms with Gasteiger partial charge in [0.05, 0.1) is 36.6 Å². The van der Waals surface area contributed by atoms with Gasteiger partial charge in [-0.2, -0.15) is 0 Å². The predicted molar refractivity (Wildman–Crippen MR) is 103 cm³/mol. The van der Waals surface area contributed by atoms with Gasteiger partial charge in [0.2, 0.25) is 5.95 Å². The molecule has 0 saturated carbocycles. The van der Waals surface area contributed by atoms with Gasteiger partial charge < -0.3 is 20.6 Å². The highest BCUT2D eigenvalue weighted by Crippen LogP contribution is 2.35. The number of hydrogen-bond acceptors (Lipinski definition) is 9. The Kier molecular flexibility index (Phi) is 5.30. The number of carbonyl (C=O) groups is 1. The summed E-state index contributed by atoms with van der Waals surface area (Å²) in [5, 5.41) is 12.9. The number of aliphatic hydroxyl groups is 1. The molecule has 0 aromatic carbocycles. The summed E-state index contributed by atoms with van der Waals surface area (Å²) in [4.78, 5) is 31.6. The summed E-state index contributed by atoms with van der Waals surface area (Å²) in [6.07, 6.45) is 5.47. The Balaban J connectivity index is 1.66. The molecule has 5 N–H and O–H groups in total. The van der Waals surface area contributed by atoms with E-state index >= 15 is 0 Å². The van der Waals surface area contributed by atoms with E-state index in [-0.39, 0.29) is 32.8 Å². The summed E-state index contributed by atoms with van der Waals surface area (Å²) >= 11 is 0. The van der Waals surface area contributed by atoms with Gasteiger partial charge in [0.25, 0.3) is 5.91 Å². The molecule has 13 heteroatoms. The lowest BCUT2D eigenvalue weighted by Crippen LogP contribution is -2.22. The second kappa shape index (κ2) is 8.03. The normalized spacial score (nSPS) is 22.0. The minimum Gasteiger partial charge on any atom is -0.390 e. The van der Waals surface area contributed by atoms with Gasteiger partial charge in [0, 0.05) is 12.5 Å². The van der Waals surface area contributed by atoms with Crippen LogP contribution >= 0.6 is 8.46 Å². The van der Waals surface area contributed by atoms with Gasteiger partial charge in [-0.1, -0.05) is 0 Å². The number of nitrogens with one attached hydrogen (secondary N) is 2. The first-order chi connectivity index (χ1) is 14.1. The van der Waals surface area contributed by atoms with Crippen LogP contribution in [0.4, 0.5) is 11.8 Å². The number of amides is 1. The van der Waals surface area contributed by atoms with Crippen molar-refractivity contribution in [1.82, 2.24) is 29.5 Å². The van der Waals surface area contributed by atoms with E-state index in [4.69, 9.17) is 10.5 Å².